The van der Waals surface area contributed by atoms with Gasteiger partial charge < -0.3 is 10.0 Å². The summed E-state index contributed by atoms with van der Waals surface area (Å²) in [5.74, 6) is 0.128. The van der Waals surface area contributed by atoms with Crippen LogP contribution in [-0.4, -0.2) is 53.6 Å². The lowest BCUT2D eigenvalue weighted by molar-refractivity contribution is -0.132. The van der Waals surface area contributed by atoms with Crippen LogP contribution in [0.2, 0.25) is 0 Å². The largest absolute Gasteiger partial charge is 0.395 e. The summed E-state index contributed by atoms with van der Waals surface area (Å²) in [5, 5.41) is 11.3. The average molecular weight is 268 g/mol. The maximum absolute atomic E-state index is 12.1. The Morgan fingerprint density at radius 1 is 1.67 bits per heavy atom. The van der Waals surface area contributed by atoms with E-state index in [0.717, 1.165) is 19.4 Å². The molecular formula is C13H20N2O2S. The van der Waals surface area contributed by atoms with E-state index in [2.05, 4.69) is 4.90 Å². The molecule has 0 unspecified atom stereocenters. The van der Waals surface area contributed by atoms with E-state index in [-0.39, 0.29) is 18.6 Å². The SMILES string of the molecule is CN(Cc1cccs1)C(=O)CN1CCC[C@H]1CO. The number of thiophene rings is 1. The molecule has 18 heavy (non-hydrogen) atoms. The van der Waals surface area contributed by atoms with E-state index in [4.69, 9.17) is 0 Å². The predicted molar refractivity (Wildman–Crippen MR) is 72.5 cm³/mol. The van der Waals surface area contributed by atoms with Crippen molar-refractivity contribution < 1.29 is 9.90 Å². The first-order chi connectivity index (χ1) is 8.70. The standard InChI is InChI=1S/C13H20N2O2S/c1-14(8-12-5-3-7-18-12)13(17)9-15-6-2-4-11(15)10-16/h3,5,7,11,16H,2,4,6,8-10H2,1H3/t11-/m0/s1. The number of hydrogen-bond acceptors (Lipinski definition) is 4. The van der Waals surface area contributed by atoms with Crippen LogP contribution < -0.4 is 0 Å². The lowest BCUT2D eigenvalue weighted by atomic mass is 10.2. The van der Waals surface area contributed by atoms with Crippen molar-refractivity contribution in [2.45, 2.75) is 25.4 Å². The van der Waals surface area contributed by atoms with Crippen molar-refractivity contribution in [1.82, 2.24) is 9.80 Å². The van der Waals surface area contributed by atoms with Gasteiger partial charge in [-0.25, -0.2) is 0 Å². The highest BCUT2D eigenvalue weighted by Crippen LogP contribution is 2.17. The van der Waals surface area contributed by atoms with E-state index in [1.54, 1.807) is 16.2 Å². The third-order valence-electron chi connectivity index (χ3n) is 3.45. The van der Waals surface area contributed by atoms with Crippen molar-refractivity contribution in [1.29, 1.82) is 0 Å². The van der Waals surface area contributed by atoms with Crippen molar-refractivity contribution in [3.8, 4) is 0 Å². The van der Waals surface area contributed by atoms with Gasteiger partial charge in [-0.2, -0.15) is 0 Å². The molecule has 1 amide bonds. The summed E-state index contributed by atoms with van der Waals surface area (Å²) in [4.78, 5) is 17.1. The van der Waals surface area contributed by atoms with Gasteiger partial charge in [-0.1, -0.05) is 6.07 Å². The molecule has 0 spiro atoms. The van der Waals surface area contributed by atoms with Gasteiger partial charge in [0, 0.05) is 18.0 Å². The smallest absolute Gasteiger partial charge is 0.236 e. The molecule has 1 fully saturated rings. The lowest BCUT2D eigenvalue weighted by Gasteiger charge is -2.25. The normalized spacial score (nSPS) is 20.2. The molecular weight excluding hydrogens is 248 g/mol. The van der Waals surface area contributed by atoms with E-state index in [0.29, 0.717) is 13.1 Å². The highest BCUT2D eigenvalue weighted by atomic mass is 32.1. The molecule has 1 aromatic heterocycles. The van der Waals surface area contributed by atoms with E-state index < -0.39 is 0 Å². The van der Waals surface area contributed by atoms with Gasteiger partial charge in [0.15, 0.2) is 0 Å². The van der Waals surface area contributed by atoms with Crippen molar-refractivity contribution >= 4 is 17.2 Å². The summed E-state index contributed by atoms with van der Waals surface area (Å²) >= 11 is 1.67. The van der Waals surface area contributed by atoms with Crippen molar-refractivity contribution in [3.05, 3.63) is 22.4 Å². The number of likely N-dealkylation sites (N-methyl/N-ethyl adjacent to an activating group) is 1. The molecule has 1 aromatic rings. The van der Waals surface area contributed by atoms with Crippen LogP contribution in [0.1, 0.15) is 17.7 Å². The third-order valence-corrected chi connectivity index (χ3v) is 4.31. The Balaban J connectivity index is 1.83. The summed E-state index contributed by atoms with van der Waals surface area (Å²) in [6.45, 7) is 2.17. The summed E-state index contributed by atoms with van der Waals surface area (Å²) in [5.41, 5.74) is 0. The summed E-state index contributed by atoms with van der Waals surface area (Å²) in [7, 11) is 1.84. The number of amides is 1. The summed E-state index contributed by atoms with van der Waals surface area (Å²) < 4.78 is 0. The number of hydrogen-bond donors (Lipinski definition) is 1. The molecule has 0 saturated carbocycles. The third kappa shape index (κ3) is 3.31. The van der Waals surface area contributed by atoms with Crippen LogP contribution in [0.15, 0.2) is 17.5 Å². The predicted octanol–water partition coefficient (Wildman–Crippen LogP) is 1.16. The monoisotopic (exact) mass is 268 g/mol. The molecule has 2 rings (SSSR count). The van der Waals surface area contributed by atoms with Crippen LogP contribution in [0.3, 0.4) is 0 Å². The fraction of sp³-hybridized carbons (Fsp3) is 0.615. The molecule has 0 bridgehead atoms. The highest BCUT2D eigenvalue weighted by Gasteiger charge is 2.26. The molecule has 100 valence electrons. The Morgan fingerprint density at radius 2 is 2.50 bits per heavy atom. The maximum atomic E-state index is 12.1. The van der Waals surface area contributed by atoms with Crippen LogP contribution >= 0.6 is 11.3 Å². The molecule has 1 aliphatic heterocycles. The summed E-state index contributed by atoms with van der Waals surface area (Å²) in [6.07, 6.45) is 2.07. The van der Waals surface area contributed by atoms with Crippen LogP contribution in [0.4, 0.5) is 0 Å². The number of nitrogens with zero attached hydrogens (tertiary/aromatic N) is 2. The first-order valence-corrected chi connectivity index (χ1v) is 7.20. The van der Waals surface area contributed by atoms with E-state index >= 15 is 0 Å². The Morgan fingerprint density at radius 3 is 3.17 bits per heavy atom. The molecule has 1 aliphatic rings. The number of aliphatic hydroxyl groups is 1. The quantitative estimate of drug-likeness (QED) is 0.871. The molecule has 1 atom stereocenters. The van der Waals surface area contributed by atoms with Crippen LogP contribution in [0.5, 0.6) is 0 Å². The number of carbonyl (C=O) groups is 1. The van der Waals surface area contributed by atoms with Gasteiger partial charge >= 0.3 is 0 Å². The average Bonchev–Trinajstić information content (AvgIpc) is 2.99. The van der Waals surface area contributed by atoms with Crippen LogP contribution in [-0.2, 0) is 11.3 Å². The fourth-order valence-electron chi connectivity index (χ4n) is 2.33. The second kappa shape index (κ2) is 6.31. The van der Waals surface area contributed by atoms with E-state index in [9.17, 15) is 9.90 Å². The number of aliphatic hydroxyl groups excluding tert-OH is 1. The van der Waals surface area contributed by atoms with Gasteiger partial charge in [-0.05, 0) is 30.8 Å². The molecule has 4 nitrogen and oxygen atoms in total. The minimum atomic E-state index is 0.128. The van der Waals surface area contributed by atoms with Gasteiger partial charge in [0.05, 0.1) is 19.7 Å². The fourth-order valence-corrected chi connectivity index (χ4v) is 3.09. The Kier molecular flexibility index (Phi) is 4.74. The van der Waals surface area contributed by atoms with Gasteiger partial charge in [-0.3, -0.25) is 9.69 Å². The first-order valence-electron chi connectivity index (χ1n) is 6.32. The number of likely N-dealkylation sites (tertiary alicyclic amines) is 1. The molecule has 1 N–H and O–H groups in total. The second-order valence-corrected chi connectivity index (χ2v) is 5.81. The highest BCUT2D eigenvalue weighted by molar-refractivity contribution is 7.09. The van der Waals surface area contributed by atoms with Crippen LogP contribution in [0.25, 0.3) is 0 Å². The zero-order chi connectivity index (χ0) is 13.0. The van der Waals surface area contributed by atoms with Gasteiger partial charge in [0.25, 0.3) is 0 Å². The minimum absolute atomic E-state index is 0.128. The van der Waals surface area contributed by atoms with Crippen LogP contribution in [0, 0.1) is 0 Å². The topological polar surface area (TPSA) is 43.8 Å². The molecule has 5 heteroatoms. The number of carbonyl (C=O) groups excluding carboxylic acids is 1. The molecule has 0 aliphatic carbocycles. The lowest BCUT2D eigenvalue weighted by Crippen LogP contribution is -2.41. The number of rotatable bonds is 5. The van der Waals surface area contributed by atoms with Crippen molar-refractivity contribution in [2.24, 2.45) is 0 Å². The first kappa shape index (κ1) is 13.5. The van der Waals surface area contributed by atoms with Crippen molar-refractivity contribution in [3.63, 3.8) is 0 Å². The molecule has 0 aromatic carbocycles. The molecule has 1 saturated heterocycles. The van der Waals surface area contributed by atoms with Crippen molar-refractivity contribution in [2.75, 3.05) is 26.7 Å². The minimum Gasteiger partial charge on any atom is -0.395 e. The van der Waals surface area contributed by atoms with E-state index in [1.807, 2.05) is 24.6 Å². The van der Waals surface area contributed by atoms with Gasteiger partial charge in [0.1, 0.15) is 0 Å². The molecule has 2 heterocycles. The Bertz CT molecular complexity index is 380. The Hall–Kier alpha value is -0.910. The second-order valence-electron chi connectivity index (χ2n) is 4.78. The van der Waals surface area contributed by atoms with E-state index in [1.165, 1.54) is 4.88 Å². The zero-order valence-electron chi connectivity index (χ0n) is 10.7. The Labute approximate surface area is 112 Å². The zero-order valence-corrected chi connectivity index (χ0v) is 11.5. The van der Waals surface area contributed by atoms with Gasteiger partial charge in [0.2, 0.25) is 5.91 Å². The molecule has 0 radical (unpaired) electrons. The summed E-state index contributed by atoms with van der Waals surface area (Å²) in [6, 6.07) is 4.21. The maximum Gasteiger partial charge on any atom is 0.236 e. The van der Waals surface area contributed by atoms with Gasteiger partial charge in [-0.15, -0.1) is 11.3 Å².